The highest BCUT2D eigenvalue weighted by atomic mass is 16.5. The third-order valence-electron chi connectivity index (χ3n) is 2.77. The number of ether oxygens (including phenoxy) is 1. The van der Waals surface area contributed by atoms with E-state index in [9.17, 15) is 0 Å². The Morgan fingerprint density at radius 3 is 2.89 bits per heavy atom. The van der Waals surface area contributed by atoms with Gasteiger partial charge in [0.05, 0.1) is 12.5 Å². The van der Waals surface area contributed by atoms with Crippen LogP contribution in [0.25, 0.3) is 0 Å². The molecule has 1 rings (SSSR count). The Labute approximate surface area is 109 Å². The molecule has 0 aliphatic heterocycles. The van der Waals surface area contributed by atoms with Crippen LogP contribution in [0.1, 0.15) is 24.8 Å². The first-order chi connectivity index (χ1) is 8.77. The lowest BCUT2D eigenvalue weighted by Crippen LogP contribution is -2.03. The number of nitrogens with zero attached hydrogens (tertiary/aromatic N) is 1. The molecule has 4 nitrogen and oxygen atoms in total. The second-order valence-corrected chi connectivity index (χ2v) is 4.23. The molecule has 0 saturated heterocycles. The number of anilines is 2. The van der Waals surface area contributed by atoms with Gasteiger partial charge in [-0.25, -0.2) is 0 Å². The molecule has 0 amide bonds. The van der Waals surface area contributed by atoms with Crippen LogP contribution in [0, 0.1) is 11.3 Å². The minimum Gasteiger partial charge on any atom is -0.398 e. The van der Waals surface area contributed by atoms with Gasteiger partial charge in [0.15, 0.2) is 0 Å². The van der Waals surface area contributed by atoms with Gasteiger partial charge in [-0.2, -0.15) is 5.26 Å². The SMILES string of the molecule is COCCCCCNc1ccc(N)c(CC#N)c1. The van der Waals surface area contributed by atoms with E-state index >= 15 is 0 Å². The minimum absolute atomic E-state index is 0.356. The molecule has 3 N–H and O–H groups in total. The number of nitriles is 1. The van der Waals surface area contributed by atoms with Crippen molar-refractivity contribution in [1.29, 1.82) is 5.26 Å². The lowest BCUT2D eigenvalue weighted by atomic mass is 10.1. The van der Waals surface area contributed by atoms with E-state index in [1.165, 1.54) is 0 Å². The van der Waals surface area contributed by atoms with E-state index in [-0.39, 0.29) is 0 Å². The maximum Gasteiger partial charge on any atom is 0.0670 e. The van der Waals surface area contributed by atoms with Gasteiger partial charge < -0.3 is 15.8 Å². The van der Waals surface area contributed by atoms with E-state index in [2.05, 4.69) is 11.4 Å². The van der Waals surface area contributed by atoms with Gasteiger partial charge in [-0.15, -0.1) is 0 Å². The van der Waals surface area contributed by atoms with Gasteiger partial charge in [-0.3, -0.25) is 0 Å². The van der Waals surface area contributed by atoms with Gasteiger partial charge in [0.25, 0.3) is 0 Å². The summed E-state index contributed by atoms with van der Waals surface area (Å²) in [6.45, 7) is 1.76. The van der Waals surface area contributed by atoms with E-state index in [0.717, 1.165) is 43.7 Å². The number of unbranched alkanes of at least 4 members (excludes halogenated alkanes) is 2. The fourth-order valence-corrected chi connectivity index (χ4v) is 1.73. The monoisotopic (exact) mass is 247 g/mol. The normalized spacial score (nSPS) is 10.0. The second kappa shape index (κ2) is 8.37. The number of rotatable bonds is 8. The van der Waals surface area contributed by atoms with Gasteiger partial charge in [-0.1, -0.05) is 0 Å². The molecule has 0 unspecified atom stereocenters. The van der Waals surface area contributed by atoms with Crippen molar-refractivity contribution in [2.75, 3.05) is 31.3 Å². The van der Waals surface area contributed by atoms with Crippen LogP contribution in [0.4, 0.5) is 11.4 Å². The van der Waals surface area contributed by atoms with Crippen molar-refractivity contribution in [1.82, 2.24) is 0 Å². The Kier molecular flexibility index (Phi) is 6.67. The van der Waals surface area contributed by atoms with Crippen molar-refractivity contribution in [3.63, 3.8) is 0 Å². The lowest BCUT2D eigenvalue weighted by molar-refractivity contribution is 0.192. The summed E-state index contributed by atoms with van der Waals surface area (Å²) in [6, 6.07) is 7.87. The first-order valence-corrected chi connectivity index (χ1v) is 6.26. The smallest absolute Gasteiger partial charge is 0.0670 e. The van der Waals surface area contributed by atoms with E-state index < -0.39 is 0 Å². The number of methoxy groups -OCH3 is 1. The predicted octanol–water partition coefficient (Wildman–Crippen LogP) is 2.56. The van der Waals surface area contributed by atoms with Gasteiger partial charge in [0.2, 0.25) is 0 Å². The first-order valence-electron chi connectivity index (χ1n) is 6.26. The molecule has 1 aromatic rings. The first kappa shape index (κ1) is 14.3. The topological polar surface area (TPSA) is 71.1 Å². The van der Waals surface area contributed by atoms with Crippen molar-refractivity contribution >= 4 is 11.4 Å². The van der Waals surface area contributed by atoms with E-state index in [4.69, 9.17) is 15.7 Å². The molecule has 18 heavy (non-hydrogen) atoms. The summed E-state index contributed by atoms with van der Waals surface area (Å²) in [5.41, 5.74) is 8.39. The maximum atomic E-state index is 8.69. The summed E-state index contributed by atoms with van der Waals surface area (Å²) in [5.74, 6) is 0. The fourth-order valence-electron chi connectivity index (χ4n) is 1.73. The standard InChI is InChI=1S/C14H21N3O/c1-18-10-4-2-3-9-17-13-5-6-14(16)12(11-13)7-8-15/h5-6,11,17H,2-4,7,9-10,16H2,1H3. The van der Waals surface area contributed by atoms with E-state index in [1.807, 2.05) is 18.2 Å². The number of nitrogens with two attached hydrogens (primary N) is 1. The number of nitrogens with one attached hydrogen (secondary N) is 1. The van der Waals surface area contributed by atoms with Crippen molar-refractivity contribution in [3.05, 3.63) is 23.8 Å². The molecule has 0 aromatic heterocycles. The van der Waals surface area contributed by atoms with E-state index in [1.54, 1.807) is 7.11 Å². The average molecular weight is 247 g/mol. The van der Waals surface area contributed by atoms with Gasteiger partial charge >= 0.3 is 0 Å². The minimum atomic E-state index is 0.356. The van der Waals surface area contributed by atoms with Gasteiger partial charge in [0.1, 0.15) is 0 Å². The molecule has 0 fully saturated rings. The van der Waals surface area contributed by atoms with Crippen molar-refractivity contribution in [2.24, 2.45) is 0 Å². The zero-order chi connectivity index (χ0) is 13.2. The summed E-state index contributed by atoms with van der Waals surface area (Å²) in [6.07, 6.45) is 3.72. The second-order valence-electron chi connectivity index (χ2n) is 4.23. The zero-order valence-corrected chi connectivity index (χ0v) is 10.9. The molecule has 1 aromatic carbocycles. The Morgan fingerprint density at radius 2 is 2.17 bits per heavy atom. The van der Waals surface area contributed by atoms with Crippen LogP contribution in [-0.4, -0.2) is 20.3 Å². The van der Waals surface area contributed by atoms with Crippen molar-refractivity contribution < 1.29 is 4.74 Å². The predicted molar refractivity (Wildman–Crippen MR) is 74.4 cm³/mol. The Hall–Kier alpha value is -1.73. The highest BCUT2D eigenvalue weighted by Crippen LogP contribution is 2.18. The van der Waals surface area contributed by atoms with Crippen LogP contribution < -0.4 is 11.1 Å². The zero-order valence-electron chi connectivity index (χ0n) is 10.9. The Morgan fingerprint density at radius 1 is 1.33 bits per heavy atom. The summed E-state index contributed by atoms with van der Waals surface area (Å²) in [5, 5.41) is 12.0. The summed E-state index contributed by atoms with van der Waals surface area (Å²) >= 11 is 0. The van der Waals surface area contributed by atoms with Crippen molar-refractivity contribution in [3.8, 4) is 6.07 Å². The maximum absolute atomic E-state index is 8.69. The van der Waals surface area contributed by atoms with Crippen molar-refractivity contribution in [2.45, 2.75) is 25.7 Å². The van der Waals surface area contributed by atoms with Crippen LogP contribution in [0.15, 0.2) is 18.2 Å². The van der Waals surface area contributed by atoms with Gasteiger partial charge in [-0.05, 0) is 43.0 Å². The highest BCUT2D eigenvalue weighted by molar-refractivity contribution is 5.57. The molecule has 0 radical (unpaired) electrons. The van der Waals surface area contributed by atoms with Crippen LogP contribution in [0.3, 0.4) is 0 Å². The quantitative estimate of drug-likeness (QED) is 0.547. The summed E-state index contributed by atoms with van der Waals surface area (Å²) in [4.78, 5) is 0. The Bertz CT molecular complexity index is 399. The van der Waals surface area contributed by atoms with Crippen LogP contribution in [-0.2, 0) is 11.2 Å². The molecule has 0 bridgehead atoms. The molecule has 0 aliphatic rings. The Balaban J connectivity index is 2.34. The molecule has 0 saturated carbocycles. The third kappa shape index (κ3) is 5.07. The number of hydrogen-bond acceptors (Lipinski definition) is 4. The third-order valence-corrected chi connectivity index (χ3v) is 2.77. The van der Waals surface area contributed by atoms with Crippen LogP contribution in [0.5, 0.6) is 0 Å². The molecule has 4 heteroatoms. The molecule has 0 atom stereocenters. The highest BCUT2D eigenvalue weighted by Gasteiger charge is 2.00. The number of benzene rings is 1. The summed E-state index contributed by atoms with van der Waals surface area (Å²) < 4.78 is 5.00. The molecular formula is C14H21N3O. The molecular weight excluding hydrogens is 226 g/mol. The average Bonchev–Trinajstić information content (AvgIpc) is 2.37. The molecule has 0 spiro atoms. The van der Waals surface area contributed by atoms with Gasteiger partial charge in [0, 0.05) is 31.6 Å². The van der Waals surface area contributed by atoms with Crippen LogP contribution >= 0.6 is 0 Å². The number of hydrogen-bond donors (Lipinski definition) is 2. The fraction of sp³-hybridized carbons (Fsp3) is 0.500. The number of nitrogen functional groups attached to an aromatic ring is 1. The molecule has 0 aliphatic carbocycles. The lowest BCUT2D eigenvalue weighted by Gasteiger charge is -2.09. The molecule has 0 heterocycles. The largest absolute Gasteiger partial charge is 0.398 e. The summed E-state index contributed by atoms with van der Waals surface area (Å²) in [7, 11) is 1.73. The van der Waals surface area contributed by atoms with Crippen LogP contribution in [0.2, 0.25) is 0 Å². The van der Waals surface area contributed by atoms with E-state index in [0.29, 0.717) is 12.1 Å². The molecule has 98 valence electrons.